The van der Waals surface area contributed by atoms with Crippen molar-refractivity contribution >= 4 is 11.6 Å². The number of piperidine rings is 2. The molecule has 0 aliphatic carbocycles. The van der Waals surface area contributed by atoms with E-state index in [2.05, 4.69) is 15.1 Å². The van der Waals surface area contributed by atoms with Crippen LogP contribution in [-0.4, -0.2) is 65.9 Å². The average Bonchev–Trinajstić information content (AvgIpc) is 2.87. The number of nitrogens with zero attached hydrogens (tertiary/aromatic N) is 3. The second-order valence-corrected chi connectivity index (χ2v) is 9.16. The fourth-order valence-electron chi connectivity index (χ4n) is 4.99. The van der Waals surface area contributed by atoms with Crippen LogP contribution in [0.2, 0.25) is 0 Å². The molecule has 7 nitrogen and oxygen atoms in total. The SMILES string of the molecule is O=C(NCCCN1CCC(N2CCCCC2)CC1)c1ccc(-c2ccc([N+](=O)[O-])cc2)cc1. The van der Waals surface area contributed by atoms with Crippen molar-refractivity contribution in [3.63, 3.8) is 0 Å². The number of benzene rings is 2. The highest BCUT2D eigenvalue weighted by Crippen LogP contribution is 2.23. The Balaban J connectivity index is 1.16. The lowest BCUT2D eigenvalue weighted by Crippen LogP contribution is -2.47. The van der Waals surface area contributed by atoms with Gasteiger partial charge < -0.3 is 15.1 Å². The number of nitro benzene ring substituents is 1. The minimum atomic E-state index is -0.408. The molecule has 2 aliphatic heterocycles. The van der Waals surface area contributed by atoms with Crippen LogP contribution < -0.4 is 5.32 Å². The predicted molar refractivity (Wildman–Crippen MR) is 130 cm³/mol. The third-order valence-corrected chi connectivity index (χ3v) is 6.96. The second-order valence-electron chi connectivity index (χ2n) is 9.16. The zero-order valence-corrected chi connectivity index (χ0v) is 19.2. The van der Waals surface area contributed by atoms with E-state index in [0.29, 0.717) is 12.1 Å². The Morgan fingerprint density at radius 3 is 2.12 bits per heavy atom. The molecule has 0 saturated carbocycles. The molecule has 2 saturated heterocycles. The van der Waals surface area contributed by atoms with Gasteiger partial charge in [0.15, 0.2) is 0 Å². The van der Waals surface area contributed by atoms with E-state index in [1.165, 1.54) is 70.4 Å². The van der Waals surface area contributed by atoms with E-state index in [9.17, 15) is 14.9 Å². The van der Waals surface area contributed by atoms with E-state index in [1.54, 1.807) is 24.3 Å². The molecular weight excluding hydrogens is 416 g/mol. The third kappa shape index (κ3) is 6.39. The number of non-ortho nitro benzene ring substituents is 1. The summed E-state index contributed by atoms with van der Waals surface area (Å²) < 4.78 is 0. The Bertz CT molecular complexity index is 916. The lowest BCUT2D eigenvalue weighted by molar-refractivity contribution is -0.384. The first-order chi connectivity index (χ1) is 16.1. The molecule has 1 amide bonds. The van der Waals surface area contributed by atoms with E-state index >= 15 is 0 Å². The number of nitrogens with one attached hydrogen (secondary N) is 1. The summed E-state index contributed by atoms with van der Waals surface area (Å²) in [7, 11) is 0. The Morgan fingerprint density at radius 1 is 0.909 bits per heavy atom. The van der Waals surface area contributed by atoms with Gasteiger partial charge in [-0.15, -0.1) is 0 Å². The quantitative estimate of drug-likeness (QED) is 0.368. The first kappa shape index (κ1) is 23.4. The number of nitro groups is 1. The zero-order valence-electron chi connectivity index (χ0n) is 19.2. The molecule has 4 rings (SSSR count). The maximum Gasteiger partial charge on any atom is 0.269 e. The third-order valence-electron chi connectivity index (χ3n) is 6.96. The van der Waals surface area contributed by atoms with Crippen LogP contribution in [0.5, 0.6) is 0 Å². The normalized spacial score (nSPS) is 18.2. The first-order valence-electron chi connectivity index (χ1n) is 12.2. The molecule has 0 spiro atoms. The van der Waals surface area contributed by atoms with Crippen molar-refractivity contribution in [2.24, 2.45) is 0 Å². The standard InChI is InChI=1S/C26H34N4O3/c31-26(23-7-5-21(6-8-23)22-9-11-25(12-10-22)30(32)33)27-15-4-16-28-19-13-24(14-20-28)29-17-2-1-3-18-29/h5-12,24H,1-4,13-20H2,(H,27,31). The highest BCUT2D eigenvalue weighted by molar-refractivity contribution is 5.94. The van der Waals surface area contributed by atoms with Gasteiger partial charge in [0.2, 0.25) is 0 Å². The van der Waals surface area contributed by atoms with E-state index in [0.717, 1.165) is 30.1 Å². The van der Waals surface area contributed by atoms with Crippen molar-refractivity contribution in [3.05, 3.63) is 64.2 Å². The minimum absolute atomic E-state index is 0.0611. The largest absolute Gasteiger partial charge is 0.352 e. The summed E-state index contributed by atoms with van der Waals surface area (Å²) in [5, 5.41) is 13.8. The van der Waals surface area contributed by atoms with Crippen LogP contribution in [0.15, 0.2) is 48.5 Å². The van der Waals surface area contributed by atoms with Gasteiger partial charge in [0.05, 0.1) is 4.92 Å². The number of likely N-dealkylation sites (tertiary alicyclic amines) is 2. The number of rotatable bonds is 8. The summed E-state index contributed by atoms with van der Waals surface area (Å²) >= 11 is 0. The van der Waals surface area contributed by atoms with E-state index in [4.69, 9.17) is 0 Å². The molecule has 7 heteroatoms. The topological polar surface area (TPSA) is 78.7 Å². The van der Waals surface area contributed by atoms with E-state index in [1.807, 2.05) is 12.1 Å². The molecule has 0 atom stereocenters. The van der Waals surface area contributed by atoms with Crippen LogP contribution in [0.1, 0.15) is 48.9 Å². The lowest BCUT2D eigenvalue weighted by atomic mass is 10.00. The summed E-state index contributed by atoms with van der Waals surface area (Å²) in [6, 6.07) is 14.6. The van der Waals surface area contributed by atoms with Gasteiger partial charge in [-0.05, 0) is 100 Å². The fraction of sp³-hybridized carbons (Fsp3) is 0.500. The smallest absolute Gasteiger partial charge is 0.269 e. The molecule has 33 heavy (non-hydrogen) atoms. The summed E-state index contributed by atoms with van der Waals surface area (Å²) in [6.07, 6.45) is 7.62. The lowest BCUT2D eigenvalue weighted by Gasteiger charge is -2.40. The predicted octanol–water partition coefficient (Wildman–Crippen LogP) is 4.33. The number of hydrogen-bond acceptors (Lipinski definition) is 5. The van der Waals surface area contributed by atoms with Gasteiger partial charge >= 0.3 is 0 Å². The van der Waals surface area contributed by atoms with Crippen molar-refractivity contribution < 1.29 is 9.72 Å². The molecule has 176 valence electrons. The highest BCUT2D eigenvalue weighted by atomic mass is 16.6. The first-order valence-corrected chi connectivity index (χ1v) is 12.2. The van der Waals surface area contributed by atoms with Crippen LogP contribution in [0, 0.1) is 10.1 Å². The number of carbonyl (C=O) groups is 1. The van der Waals surface area contributed by atoms with Gasteiger partial charge in [-0.3, -0.25) is 14.9 Å². The van der Waals surface area contributed by atoms with E-state index in [-0.39, 0.29) is 11.6 Å². The Morgan fingerprint density at radius 2 is 1.52 bits per heavy atom. The van der Waals surface area contributed by atoms with Crippen molar-refractivity contribution in [2.75, 3.05) is 39.3 Å². The molecule has 2 heterocycles. The maximum absolute atomic E-state index is 12.5. The molecular formula is C26H34N4O3. The molecule has 2 aliphatic rings. The van der Waals surface area contributed by atoms with Crippen molar-refractivity contribution in [3.8, 4) is 11.1 Å². The summed E-state index contributed by atoms with van der Waals surface area (Å²) in [5.41, 5.74) is 2.51. The monoisotopic (exact) mass is 450 g/mol. The van der Waals surface area contributed by atoms with Crippen LogP contribution in [0.4, 0.5) is 5.69 Å². The molecule has 2 fully saturated rings. The van der Waals surface area contributed by atoms with Gasteiger partial charge in [0.25, 0.3) is 11.6 Å². The fourth-order valence-corrected chi connectivity index (χ4v) is 4.99. The van der Waals surface area contributed by atoms with Crippen LogP contribution in [0.3, 0.4) is 0 Å². The zero-order chi connectivity index (χ0) is 23.0. The van der Waals surface area contributed by atoms with Gasteiger partial charge in [-0.25, -0.2) is 0 Å². The Kier molecular flexibility index (Phi) is 8.07. The molecule has 1 N–H and O–H groups in total. The molecule has 0 unspecified atom stereocenters. The van der Waals surface area contributed by atoms with Crippen LogP contribution in [0.25, 0.3) is 11.1 Å². The molecule has 0 bridgehead atoms. The minimum Gasteiger partial charge on any atom is -0.352 e. The van der Waals surface area contributed by atoms with Crippen molar-refractivity contribution in [2.45, 2.75) is 44.6 Å². The van der Waals surface area contributed by atoms with Crippen LogP contribution in [-0.2, 0) is 0 Å². The number of carbonyl (C=O) groups excluding carboxylic acids is 1. The number of amides is 1. The maximum atomic E-state index is 12.5. The molecule has 0 aromatic heterocycles. The summed E-state index contributed by atoms with van der Waals surface area (Å²) in [5.74, 6) is -0.0611. The molecule has 2 aromatic rings. The summed E-state index contributed by atoms with van der Waals surface area (Å²) in [4.78, 5) is 28.1. The van der Waals surface area contributed by atoms with Gasteiger partial charge in [0, 0.05) is 30.3 Å². The van der Waals surface area contributed by atoms with Gasteiger partial charge in [-0.1, -0.05) is 18.6 Å². The number of hydrogen-bond donors (Lipinski definition) is 1. The second kappa shape index (κ2) is 11.4. The summed E-state index contributed by atoms with van der Waals surface area (Å²) in [6.45, 7) is 6.61. The Labute approximate surface area is 195 Å². The molecule has 0 radical (unpaired) electrons. The average molecular weight is 451 g/mol. The Hall–Kier alpha value is -2.77. The van der Waals surface area contributed by atoms with Crippen molar-refractivity contribution in [1.29, 1.82) is 0 Å². The highest BCUT2D eigenvalue weighted by Gasteiger charge is 2.25. The van der Waals surface area contributed by atoms with Crippen molar-refractivity contribution in [1.82, 2.24) is 15.1 Å². The van der Waals surface area contributed by atoms with E-state index < -0.39 is 4.92 Å². The van der Waals surface area contributed by atoms with Gasteiger partial charge in [0.1, 0.15) is 0 Å². The van der Waals surface area contributed by atoms with Gasteiger partial charge in [-0.2, -0.15) is 0 Å². The molecule has 2 aromatic carbocycles. The van der Waals surface area contributed by atoms with Crippen LogP contribution >= 0.6 is 0 Å².